The molecule has 16 heavy (non-hydrogen) atoms. The molecule has 4 nitrogen and oxygen atoms in total. The molecule has 0 radical (unpaired) electrons. The molecule has 0 aromatic carbocycles. The van der Waals surface area contributed by atoms with Crippen LogP contribution in [0.25, 0.3) is 0 Å². The summed E-state index contributed by atoms with van der Waals surface area (Å²) in [6, 6.07) is 0.411. The Labute approximate surface area is 98.8 Å². The van der Waals surface area contributed by atoms with E-state index in [0.717, 1.165) is 39.1 Å². The van der Waals surface area contributed by atoms with E-state index in [1.165, 1.54) is 6.42 Å². The van der Waals surface area contributed by atoms with E-state index in [4.69, 9.17) is 0 Å². The molecule has 1 heterocycles. The fraction of sp³-hybridized carbons (Fsp3) is 0.917. The minimum absolute atomic E-state index is 0.187. The van der Waals surface area contributed by atoms with Crippen molar-refractivity contribution >= 4 is 5.91 Å². The first-order chi connectivity index (χ1) is 7.76. The van der Waals surface area contributed by atoms with E-state index in [1.807, 2.05) is 0 Å². The fourth-order valence-corrected chi connectivity index (χ4v) is 2.12. The molecule has 1 amide bonds. The van der Waals surface area contributed by atoms with Crippen LogP contribution in [0.4, 0.5) is 0 Å². The van der Waals surface area contributed by atoms with Crippen LogP contribution in [-0.2, 0) is 4.79 Å². The number of nitrogens with one attached hydrogen (secondary N) is 2. The summed E-state index contributed by atoms with van der Waals surface area (Å²) in [7, 11) is 0. The van der Waals surface area contributed by atoms with Crippen LogP contribution in [0, 0.1) is 0 Å². The number of nitrogens with zero attached hydrogens (tertiary/aromatic N) is 1. The van der Waals surface area contributed by atoms with E-state index < -0.39 is 0 Å². The smallest absolute Gasteiger partial charge is 0.221 e. The van der Waals surface area contributed by atoms with E-state index in [-0.39, 0.29) is 5.91 Å². The first kappa shape index (κ1) is 13.5. The third-order valence-electron chi connectivity index (χ3n) is 3.24. The number of rotatable bonds is 7. The maximum Gasteiger partial charge on any atom is 0.221 e. The maximum absolute atomic E-state index is 11.6. The lowest BCUT2D eigenvalue weighted by atomic mass is 10.1. The van der Waals surface area contributed by atoms with Crippen molar-refractivity contribution in [1.29, 1.82) is 0 Å². The molecule has 1 saturated heterocycles. The second-order valence-electron chi connectivity index (χ2n) is 4.37. The monoisotopic (exact) mass is 227 g/mol. The molecule has 4 heteroatoms. The summed E-state index contributed by atoms with van der Waals surface area (Å²) in [4.78, 5) is 13.9. The molecule has 0 aromatic rings. The zero-order valence-electron chi connectivity index (χ0n) is 10.6. The van der Waals surface area contributed by atoms with Gasteiger partial charge >= 0.3 is 0 Å². The zero-order chi connectivity index (χ0) is 11.8. The molecule has 0 saturated carbocycles. The van der Waals surface area contributed by atoms with Crippen LogP contribution in [-0.4, -0.2) is 49.6 Å². The summed E-state index contributed by atoms with van der Waals surface area (Å²) in [6.45, 7) is 9.19. The van der Waals surface area contributed by atoms with E-state index in [1.54, 1.807) is 0 Å². The molecule has 1 aliphatic rings. The average Bonchev–Trinajstić information content (AvgIpc) is 2.77. The normalized spacial score (nSPS) is 20.3. The van der Waals surface area contributed by atoms with Crippen molar-refractivity contribution in [3.63, 3.8) is 0 Å². The van der Waals surface area contributed by atoms with Gasteiger partial charge in [0.15, 0.2) is 0 Å². The lowest BCUT2D eigenvalue weighted by Crippen LogP contribution is -2.37. The molecule has 1 fully saturated rings. The van der Waals surface area contributed by atoms with E-state index >= 15 is 0 Å². The summed E-state index contributed by atoms with van der Waals surface area (Å²) in [6.07, 6.45) is 2.99. The van der Waals surface area contributed by atoms with Crippen LogP contribution < -0.4 is 10.6 Å². The Bertz CT molecular complexity index is 198. The Balaban J connectivity index is 2.05. The van der Waals surface area contributed by atoms with Gasteiger partial charge in [-0.25, -0.2) is 0 Å². The highest BCUT2D eigenvalue weighted by atomic mass is 16.1. The highest BCUT2D eigenvalue weighted by molar-refractivity contribution is 5.76. The van der Waals surface area contributed by atoms with E-state index in [2.05, 4.69) is 29.4 Å². The van der Waals surface area contributed by atoms with E-state index in [9.17, 15) is 4.79 Å². The van der Waals surface area contributed by atoms with Gasteiger partial charge in [-0.2, -0.15) is 0 Å². The molecule has 1 rings (SSSR count). The highest BCUT2D eigenvalue weighted by Crippen LogP contribution is 2.07. The SMILES string of the molecule is CCN(CC)CCNC(=O)CC1CCCN1. The van der Waals surface area contributed by atoms with Gasteiger partial charge in [0, 0.05) is 25.6 Å². The minimum atomic E-state index is 0.187. The quantitative estimate of drug-likeness (QED) is 0.669. The maximum atomic E-state index is 11.6. The van der Waals surface area contributed by atoms with Crippen LogP contribution in [0.3, 0.4) is 0 Å². The number of hydrogen-bond acceptors (Lipinski definition) is 3. The van der Waals surface area contributed by atoms with Gasteiger partial charge in [-0.3, -0.25) is 4.79 Å². The van der Waals surface area contributed by atoms with Gasteiger partial charge in [0.25, 0.3) is 0 Å². The molecule has 0 aromatic heterocycles. The summed E-state index contributed by atoms with van der Waals surface area (Å²) in [5.41, 5.74) is 0. The third-order valence-corrected chi connectivity index (χ3v) is 3.24. The number of amides is 1. The molecular weight excluding hydrogens is 202 g/mol. The van der Waals surface area contributed by atoms with Gasteiger partial charge in [0.05, 0.1) is 0 Å². The van der Waals surface area contributed by atoms with Crippen molar-refractivity contribution < 1.29 is 4.79 Å². The predicted molar refractivity (Wildman–Crippen MR) is 66.4 cm³/mol. The van der Waals surface area contributed by atoms with Gasteiger partial charge < -0.3 is 15.5 Å². The average molecular weight is 227 g/mol. The van der Waals surface area contributed by atoms with Gasteiger partial charge in [0.2, 0.25) is 5.91 Å². The van der Waals surface area contributed by atoms with E-state index in [0.29, 0.717) is 12.5 Å². The fourth-order valence-electron chi connectivity index (χ4n) is 2.12. The zero-order valence-corrected chi connectivity index (χ0v) is 10.6. The Hall–Kier alpha value is -0.610. The van der Waals surface area contributed by atoms with Crippen LogP contribution in [0.15, 0.2) is 0 Å². The highest BCUT2D eigenvalue weighted by Gasteiger charge is 2.17. The summed E-state index contributed by atoms with van der Waals surface area (Å²) < 4.78 is 0. The van der Waals surface area contributed by atoms with Gasteiger partial charge in [-0.05, 0) is 32.5 Å². The molecule has 1 atom stereocenters. The van der Waals surface area contributed by atoms with Crippen molar-refractivity contribution in [2.24, 2.45) is 0 Å². The number of carbonyl (C=O) groups excluding carboxylic acids is 1. The molecule has 0 spiro atoms. The molecule has 0 aliphatic carbocycles. The predicted octanol–water partition coefficient (Wildman–Crippen LogP) is 0.587. The second kappa shape index (κ2) is 7.63. The largest absolute Gasteiger partial charge is 0.355 e. The lowest BCUT2D eigenvalue weighted by molar-refractivity contribution is -0.121. The van der Waals surface area contributed by atoms with Crippen LogP contribution in [0.5, 0.6) is 0 Å². The van der Waals surface area contributed by atoms with Gasteiger partial charge in [0.1, 0.15) is 0 Å². The van der Waals surface area contributed by atoms with Gasteiger partial charge in [-0.1, -0.05) is 13.8 Å². The Kier molecular flexibility index (Phi) is 6.42. The third kappa shape index (κ3) is 4.94. The van der Waals surface area contributed by atoms with Crippen LogP contribution in [0.1, 0.15) is 33.1 Å². The Morgan fingerprint density at radius 1 is 1.44 bits per heavy atom. The molecule has 1 aliphatic heterocycles. The summed E-state index contributed by atoms with van der Waals surface area (Å²) in [5.74, 6) is 0.187. The first-order valence-corrected chi connectivity index (χ1v) is 6.48. The molecule has 2 N–H and O–H groups in total. The number of hydrogen-bond donors (Lipinski definition) is 2. The van der Waals surface area contributed by atoms with Crippen molar-refractivity contribution in [1.82, 2.24) is 15.5 Å². The van der Waals surface area contributed by atoms with Gasteiger partial charge in [-0.15, -0.1) is 0 Å². The second-order valence-corrected chi connectivity index (χ2v) is 4.37. The Morgan fingerprint density at radius 3 is 2.75 bits per heavy atom. The van der Waals surface area contributed by atoms with Crippen LogP contribution in [0.2, 0.25) is 0 Å². The Morgan fingerprint density at radius 2 is 2.19 bits per heavy atom. The molecule has 94 valence electrons. The number of likely N-dealkylation sites (N-methyl/N-ethyl adjacent to an activating group) is 1. The molecular formula is C12H25N3O. The van der Waals surface area contributed by atoms with Crippen LogP contribution >= 0.6 is 0 Å². The molecule has 1 unspecified atom stereocenters. The van der Waals surface area contributed by atoms with Crippen molar-refractivity contribution in [2.45, 2.75) is 39.2 Å². The topological polar surface area (TPSA) is 44.4 Å². The summed E-state index contributed by atoms with van der Waals surface area (Å²) >= 11 is 0. The lowest BCUT2D eigenvalue weighted by Gasteiger charge is -2.18. The summed E-state index contributed by atoms with van der Waals surface area (Å²) in [5, 5.41) is 6.33. The molecule has 0 bridgehead atoms. The van der Waals surface area contributed by atoms with Crippen molar-refractivity contribution in [2.75, 3.05) is 32.7 Å². The standard InChI is InChI=1S/C12H25N3O/c1-3-15(4-2)9-8-14-12(16)10-11-6-5-7-13-11/h11,13H,3-10H2,1-2H3,(H,14,16). The minimum Gasteiger partial charge on any atom is -0.355 e. The van der Waals surface area contributed by atoms with Crippen molar-refractivity contribution in [3.05, 3.63) is 0 Å². The first-order valence-electron chi connectivity index (χ1n) is 6.48. The van der Waals surface area contributed by atoms with Crippen molar-refractivity contribution in [3.8, 4) is 0 Å². The number of carbonyl (C=O) groups is 1.